The molecule has 4 heteroatoms. The second kappa shape index (κ2) is 5.83. The minimum Gasteiger partial charge on any atom is -0.377 e. The summed E-state index contributed by atoms with van der Waals surface area (Å²) in [5.41, 5.74) is 8.86. The predicted molar refractivity (Wildman–Crippen MR) is 74.4 cm³/mol. The molecule has 0 aliphatic carbocycles. The molecule has 1 aromatic heterocycles. The fraction of sp³-hybridized carbons (Fsp3) is 0.571. The van der Waals surface area contributed by atoms with Crippen molar-refractivity contribution < 1.29 is 0 Å². The van der Waals surface area contributed by atoms with E-state index in [9.17, 15) is 5.26 Å². The van der Waals surface area contributed by atoms with Crippen LogP contribution in [-0.2, 0) is 0 Å². The van der Waals surface area contributed by atoms with E-state index in [2.05, 4.69) is 30.2 Å². The van der Waals surface area contributed by atoms with Crippen molar-refractivity contribution in [3.05, 3.63) is 23.0 Å². The lowest BCUT2D eigenvalue weighted by Gasteiger charge is -2.33. The second-order valence-electron chi connectivity index (χ2n) is 4.70. The van der Waals surface area contributed by atoms with Crippen LogP contribution < -0.4 is 11.1 Å². The van der Waals surface area contributed by atoms with Crippen LogP contribution in [0, 0.1) is 25.2 Å². The summed E-state index contributed by atoms with van der Waals surface area (Å²) in [5.74, 6) is 0. The number of aryl methyl sites for hydroxylation is 2. The third-order valence-corrected chi connectivity index (χ3v) is 3.58. The predicted octanol–water partition coefficient (Wildman–Crippen LogP) is 2.50. The lowest BCUT2D eigenvalue weighted by atomic mass is 9.92. The molecule has 0 fully saturated rings. The SMILES string of the molecule is CCC(CC)(CN)Nc1cc(C)nc(C)c1C#N. The van der Waals surface area contributed by atoms with Crippen molar-refractivity contribution in [2.45, 2.75) is 46.1 Å². The average molecular weight is 246 g/mol. The number of hydrogen-bond donors (Lipinski definition) is 2. The fourth-order valence-electron chi connectivity index (χ4n) is 2.12. The molecule has 0 saturated heterocycles. The largest absolute Gasteiger partial charge is 0.377 e. The van der Waals surface area contributed by atoms with Gasteiger partial charge < -0.3 is 11.1 Å². The van der Waals surface area contributed by atoms with Crippen molar-refractivity contribution in [1.29, 1.82) is 5.26 Å². The van der Waals surface area contributed by atoms with Gasteiger partial charge in [-0.1, -0.05) is 13.8 Å². The number of aromatic nitrogens is 1. The van der Waals surface area contributed by atoms with E-state index >= 15 is 0 Å². The fourth-order valence-corrected chi connectivity index (χ4v) is 2.12. The van der Waals surface area contributed by atoms with Crippen LogP contribution in [0.15, 0.2) is 6.07 Å². The summed E-state index contributed by atoms with van der Waals surface area (Å²) < 4.78 is 0. The Bertz CT molecular complexity index is 447. The summed E-state index contributed by atoms with van der Waals surface area (Å²) in [7, 11) is 0. The maximum atomic E-state index is 9.24. The van der Waals surface area contributed by atoms with E-state index in [0.29, 0.717) is 12.1 Å². The number of anilines is 1. The minimum atomic E-state index is -0.147. The van der Waals surface area contributed by atoms with Gasteiger partial charge in [0.15, 0.2) is 0 Å². The average Bonchev–Trinajstić information content (AvgIpc) is 2.35. The van der Waals surface area contributed by atoms with Crippen LogP contribution in [-0.4, -0.2) is 17.1 Å². The normalized spacial score (nSPS) is 11.1. The van der Waals surface area contributed by atoms with E-state index in [1.54, 1.807) is 0 Å². The zero-order valence-corrected chi connectivity index (χ0v) is 11.7. The Morgan fingerprint density at radius 2 is 2.00 bits per heavy atom. The third-order valence-electron chi connectivity index (χ3n) is 3.58. The van der Waals surface area contributed by atoms with Crippen molar-refractivity contribution >= 4 is 5.69 Å². The van der Waals surface area contributed by atoms with Gasteiger partial charge in [0, 0.05) is 17.8 Å². The van der Waals surface area contributed by atoms with Gasteiger partial charge in [-0.25, -0.2) is 0 Å². The summed E-state index contributed by atoms with van der Waals surface area (Å²) in [6.07, 6.45) is 1.84. The standard InChI is InChI=1S/C14H22N4/c1-5-14(6-2,9-16)18-13-7-10(3)17-11(4)12(13)8-15/h7H,5-6,9,16H2,1-4H3,(H,17,18). The Kier molecular flexibility index (Phi) is 4.69. The molecule has 98 valence electrons. The molecule has 3 N–H and O–H groups in total. The molecule has 1 aromatic rings. The first-order valence-corrected chi connectivity index (χ1v) is 6.38. The molecule has 0 aliphatic heterocycles. The number of nitrogens with zero attached hydrogens (tertiary/aromatic N) is 2. The van der Waals surface area contributed by atoms with E-state index < -0.39 is 0 Å². The minimum absolute atomic E-state index is 0.147. The highest BCUT2D eigenvalue weighted by atomic mass is 15.0. The molecule has 0 spiro atoms. The lowest BCUT2D eigenvalue weighted by molar-refractivity contribution is 0.445. The highest BCUT2D eigenvalue weighted by Gasteiger charge is 2.25. The van der Waals surface area contributed by atoms with Gasteiger partial charge >= 0.3 is 0 Å². The molecule has 1 heterocycles. The quantitative estimate of drug-likeness (QED) is 0.837. The summed E-state index contributed by atoms with van der Waals surface area (Å²) in [4.78, 5) is 4.32. The lowest BCUT2D eigenvalue weighted by Crippen LogP contribution is -2.44. The Labute approximate surface area is 109 Å². The van der Waals surface area contributed by atoms with Gasteiger partial charge in [0.05, 0.1) is 16.9 Å². The van der Waals surface area contributed by atoms with Gasteiger partial charge in [-0.05, 0) is 32.8 Å². The topological polar surface area (TPSA) is 74.7 Å². The van der Waals surface area contributed by atoms with E-state index in [0.717, 1.165) is 29.9 Å². The van der Waals surface area contributed by atoms with E-state index in [1.165, 1.54) is 0 Å². The molecule has 0 aliphatic rings. The van der Waals surface area contributed by atoms with Crippen molar-refractivity contribution in [3.8, 4) is 6.07 Å². The third kappa shape index (κ3) is 2.80. The molecule has 18 heavy (non-hydrogen) atoms. The van der Waals surface area contributed by atoms with Crippen molar-refractivity contribution in [3.63, 3.8) is 0 Å². The monoisotopic (exact) mass is 246 g/mol. The smallest absolute Gasteiger partial charge is 0.103 e. The van der Waals surface area contributed by atoms with E-state index in [1.807, 2.05) is 19.9 Å². The van der Waals surface area contributed by atoms with Gasteiger partial charge in [0.25, 0.3) is 0 Å². The van der Waals surface area contributed by atoms with Gasteiger partial charge in [-0.3, -0.25) is 4.98 Å². The highest BCUT2D eigenvalue weighted by molar-refractivity contribution is 5.61. The molecule has 0 atom stereocenters. The number of hydrogen-bond acceptors (Lipinski definition) is 4. The molecule has 0 amide bonds. The summed E-state index contributed by atoms with van der Waals surface area (Å²) in [5, 5.41) is 12.7. The summed E-state index contributed by atoms with van der Waals surface area (Å²) in [6, 6.07) is 4.14. The van der Waals surface area contributed by atoms with Crippen LogP contribution in [0.25, 0.3) is 0 Å². The van der Waals surface area contributed by atoms with Crippen LogP contribution in [0.5, 0.6) is 0 Å². The Morgan fingerprint density at radius 3 is 2.44 bits per heavy atom. The van der Waals surface area contributed by atoms with Crippen LogP contribution in [0.4, 0.5) is 5.69 Å². The van der Waals surface area contributed by atoms with Gasteiger partial charge in [0.1, 0.15) is 6.07 Å². The van der Waals surface area contributed by atoms with Gasteiger partial charge in [-0.15, -0.1) is 0 Å². The maximum absolute atomic E-state index is 9.24. The van der Waals surface area contributed by atoms with E-state index in [4.69, 9.17) is 5.73 Å². The zero-order valence-electron chi connectivity index (χ0n) is 11.7. The van der Waals surface area contributed by atoms with Crippen molar-refractivity contribution in [2.24, 2.45) is 5.73 Å². The molecule has 0 bridgehead atoms. The summed E-state index contributed by atoms with van der Waals surface area (Å²) in [6.45, 7) is 8.55. The number of nitrogens with one attached hydrogen (secondary N) is 1. The van der Waals surface area contributed by atoms with E-state index in [-0.39, 0.29) is 5.54 Å². The molecule has 0 saturated carbocycles. The Morgan fingerprint density at radius 1 is 1.39 bits per heavy atom. The maximum Gasteiger partial charge on any atom is 0.103 e. The molecule has 4 nitrogen and oxygen atoms in total. The number of nitriles is 1. The zero-order chi connectivity index (χ0) is 13.8. The Hall–Kier alpha value is -1.60. The van der Waals surface area contributed by atoms with Crippen LogP contribution >= 0.6 is 0 Å². The first-order valence-electron chi connectivity index (χ1n) is 6.38. The highest BCUT2D eigenvalue weighted by Crippen LogP contribution is 2.25. The summed E-state index contributed by atoms with van der Waals surface area (Å²) >= 11 is 0. The van der Waals surface area contributed by atoms with Gasteiger partial charge in [-0.2, -0.15) is 5.26 Å². The van der Waals surface area contributed by atoms with Crippen molar-refractivity contribution in [2.75, 3.05) is 11.9 Å². The van der Waals surface area contributed by atoms with Crippen LogP contribution in [0.2, 0.25) is 0 Å². The van der Waals surface area contributed by atoms with Crippen LogP contribution in [0.3, 0.4) is 0 Å². The molecule has 0 radical (unpaired) electrons. The molecular weight excluding hydrogens is 224 g/mol. The number of nitrogens with two attached hydrogens (primary N) is 1. The van der Waals surface area contributed by atoms with Crippen LogP contribution in [0.1, 0.15) is 43.6 Å². The van der Waals surface area contributed by atoms with Crippen molar-refractivity contribution in [1.82, 2.24) is 4.98 Å². The molecular formula is C14H22N4. The number of pyridine rings is 1. The molecule has 1 rings (SSSR count). The first-order chi connectivity index (χ1) is 8.51. The molecule has 0 unspecified atom stereocenters. The van der Waals surface area contributed by atoms with Gasteiger partial charge in [0.2, 0.25) is 0 Å². The number of rotatable bonds is 5. The second-order valence-corrected chi connectivity index (χ2v) is 4.70. The first kappa shape index (κ1) is 14.5. The molecule has 0 aromatic carbocycles. The Balaban J connectivity index is 3.22.